The predicted molar refractivity (Wildman–Crippen MR) is 119 cm³/mol. The zero-order valence-electron chi connectivity index (χ0n) is 18.4. The summed E-state index contributed by atoms with van der Waals surface area (Å²) in [4.78, 5) is 14.8. The monoisotopic (exact) mass is 463 g/mol. The Morgan fingerprint density at radius 2 is 1.88 bits per heavy atom. The fourth-order valence-corrected chi connectivity index (χ4v) is 4.68. The van der Waals surface area contributed by atoms with Crippen molar-refractivity contribution in [1.82, 2.24) is 4.90 Å². The third kappa shape index (κ3) is 5.34. The van der Waals surface area contributed by atoms with Crippen LogP contribution in [-0.2, 0) is 14.9 Å². The molecule has 2 atom stereocenters. The Labute approximate surface area is 188 Å². The minimum absolute atomic E-state index is 0.0577. The number of nitrogens with zero attached hydrogens (tertiary/aromatic N) is 1. The molecule has 0 aromatic heterocycles. The number of hydrogen-bond acceptors (Lipinski definition) is 6. The SMILES string of the molecule is COc1cc(O)c(C(CC(=O)N2CCCC(C)C2)c2ccc(S(=O)(=O)O)cc2)c(OC)c1. The second-order valence-electron chi connectivity index (χ2n) is 8.15. The molecule has 2 unspecified atom stereocenters. The molecule has 0 bridgehead atoms. The fourth-order valence-electron chi connectivity index (χ4n) is 4.20. The summed E-state index contributed by atoms with van der Waals surface area (Å²) in [6.45, 7) is 3.48. The molecule has 0 saturated carbocycles. The van der Waals surface area contributed by atoms with Gasteiger partial charge in [0.15, 0.2) is 0 Å². The molecule has 174 valence electrons. The Morgan fingerprint density at radius 3 is 2.44 bits per heavy atom. The van der Waals surface area contributed by atoms with Crippen LogP contribution in [0, 0.1) is 5.92 Å². The van der Waals surface area contributed by atoms with Crippen LogP contribution in [0.1, 0.15) is 43.2 Å². The second-order valence-corrected chi connectivity index (χ2v) is 9.57. The zero-order chi connectivity index (χ0) is 23.5. The molecule has 0 spiro atoms. The largest absolute Gasteiger partial charge is 0.507 e. The average Bonchev–Trinajstić information content (AvgIpc) is 2.76. The smallest absolute Gasteiger partial charge is 0.294 e. The van der Waals surface area contributed by atoms with E-state index in [1.165, 1.54) is 44.6 Å². The van der Waals surface area contributed by atoms with Gasteiger partial charge in [0.25, 0.3) is 10.1 Å². The van der Waals surface area contributed by atoms with Gasteiger partial charge in [-0.25, -0.2) is 0 Å². The first-order valence-corrected chi connectivity index (χ1v) is 11.9. The maximum Gasteiger partial charge on any atom is 0.294 e. The Hall–Kier alpha value is -2.78. The van der Waals surface area contributed by atoms with Crippen molar-refractivity contribution >= 4 is 16.0 Å². The van der Waals surface area contributed by atoms with Gasteiger partial charge < -0.3 is 19.5 Å². The van der Waals surface area contributed by atoms with Crippen molar-refractivity contribution in [3.8, 4) is 17.2 Å². The number of ether oxygens (including phenoxy) is 2. The number of carbonyl (C=O) groups excluding carboxylic acids is 1. The Kier molecular flexibility index (Phi) is 7.30. The highest BCUT2D eigenvalue weighted by molar-refractivity contribution is 7.85. The maximum absolute atomic E-state index is 13.2. The first-order chi connectivity index (χ1) is 15.1. The Balaban J connectivity index is 2.05. The highest BCUT2D eigenvalue weighted by atomic mass is 32.2. The summed E-state index contributed by atoms with van der Waals surface area (Å²) in [6.07, 6.45) is 2.09. The third-order valence-electron chi connectivity index (χ3n) is 5.87. The van der Waals surface area contributed by atoms with Crippen molar-refractivity contribution in [2.24, 2.45) is 5.92 Å². The van der Waals surface area contributed by atoms with E-state index in [2.05, 4.69) is 6.92 Å². The van der Waals surface area contributed by atoms with Crippen molar-refractivity contribution < 1.29 is 32.3 Å². The molecule has 9 heteroatoms. The van der Waals surface area contributed by atoms with Gasteiger partial charge in [0, 0.05) is 43.1 Å². The quantitative estimate of drug-likeness (QED) is 0.605. The Morgan fingerprint density at radius 1 is 1.19 bits per heavy atom. The summed E-state index contributed by atoms with van der Waals surface area (Å²) < 4.78 is 42.9. The van der Waals surface area contributed by atoms with Gasteiger partial charge in [-0.15, -0.1) is 0 Å². The van der Waals surface area contributed by atoms with E-state index in [9.17, 15) is 22.9 Å². The van der Waals surface area contributed by atoms with Gasteiger partial charge in [-0.3, -0.25) is 9.35 Å². The molecule has 3 rings (SSSR count). The minimum atomic E-state index is -4.35. The summed E-state index contributed by atoms with van der Waals surface area (Å²) in [5.41, 5.74) is 1.01. The first kappa shape index (κ1) is 23.9. The molecule has 1 heterocycles. The normalized spacial score (nSPS) is 17.6. The van der Waals surface area contributed by atoms with Crippen molar-refractivity contribution in [1.29, 1.82) is 0 Å². The topological polar surface area (TPSA) is 113 Å². The molecule has 1 aliphatic rings. The number of carbonyl (C=O) groups is 1. The van der Waals surface area contributed by atoms with E-state index in [0.717, 1.165) is 12.8 Å². The Bertz CT molecular complexity index is 1070. The van der Waals surface area contributed by atoms with Gasteiger partial charge in [-0.2, -0.15) is 8.42 Å². The number of likely N-dealkylation sites (tertiary alicyclic amines) is 1. The van der Waals surface area contributed by atoms with Crippen LogP contribution in [0.4, 0.5) is 0 Å². The summed E-state index contributed by atoms with van der Waals surface area (Å²) >= 11 is 0. The molecule has 2 aromatic rings. The van der Waals surface area contributed by atoms with E-state index < -0.39 is 16.0 Å². The molecule has 1 aliphatic heterocycles. The third-order valence-corrected chi connectivity index (χ3v) is 6.73. The first-order valence-electron chi connectivity index (χ1n) is 10.4. The van der Waals surface area contributed by atoms with Gasteiger partial charge in [0.05, 0.1) is 19.1 Å². The van der Waals surface area contributed by atoms with E-state index in [4.69, 9.17) is 9.47 Å². The molecule has 0 aliphatic carbocycles. The maximum atomic E-state index is 13.2. The van der Waals surface area contributed by atoms with E-state index in [1.54, 1.807) is 6.07 Å². The number of benzene rings is 2. The number of methoxy groups -OCH3 is 2. The summed E-state index contributed by atoms with van der Waals surface area (Å²) in [5, 5.41) is 10.8. The van der Waals surface area contributed by atoms with Gasteiger partial charge >= 0.3 is 0 Å². The number of aromatic hydroxyl groups is 1. The molecule has 0 radical (unpaired) electrons. The van der Waals surface area contributed by atoms with Gasteiger partial charge in [0.1, 0.15) is 17.2 Å². The van der Waals surface area contributed by atoms with E-state index in [-0.39, 0.29) is 23.0 Å². The summed E-state index contributed by atoms with van der Waals surface area (Å²) in [6, 6.07) is 8.69. The van der Waals surface area contributed by atoms with E-state index in [0.29, 0.717) is 41.6 Å². The van der Waals surface area contributed by atoms with Crippen molar-refractivity contribution in [3.05, 3.63) is 47.5 Å². The van der Waals surface area contributed by atoms with Crippen molar-refractivity contribution in [2.75, 3.05) is 27.3 Å². The van der Waals surface area contributed by atoms with E-state index in [1.807, 2.05) is 4.90 Å². The van der Waals surface area contributed by atoms with Gasteiger partial charge in [-0.1, -0.05) is 19.1 Å². The van der Waals surface area contributed by atoms with Crippen LogP contribution in [0.25, 0.3) is 0 Å². The number of amides is 1. The standard InChI is InChI=1S/C23H29NO7S/c1-15-5-4-10-24(14-15)22(26)13-19(16-6-8-18(9-7-16)32(27,28)29)23-20(25)11-17(30-2)12-21(23)31-3/h6-9,11-12,15,19,25H,4-5,10,13-14H2,1-3H3,(H,27,28,29). The van der Waals surface area contributed by atoms with Crippen LogP contribution in [0.5, 0.6) is 17.2 Å². The summed E-state index contributed by atoms with van der Waals surface area (Å²) in [7, 11) is -1.42. The lowest BCUT2D eigenvalue weighted by atomic mass is 9.86. The molecular weight excluding hydrogens is 434 g/mol. The molecule has 8 nitrogen and oxygen atoms in total. The molecule has 32 heavy (non-hydrogen) atoms. The second kappa shape index (κ2) is 9.79. The minimum Gasteiger partial charge on any atom is -0.507 e. The molecule has 1 saturated heterocycles. The van der Waals surface area contributed by atoms with Crippen LogP contribution in [0.2, 0.25) is 0 Å². The number of phenols is 1. The zero-order valence-corrected chi connectivity index (χ0v) is 19.3. The average molecular weight is 464 g/mol. The van der Waals surface area contributed by atoms with E-state index >= 15 is 0 Å². The number of hydrogen-bond donors (Lipinski definition) is 2. The number of piperidine rings is 1. The van der Waals surface area contributed by atoms with Crippen molar-refractivity contribution in [2.45, 2.75) is 37.0 Å². The molecule has 1 amide bonds. The molecule has 1 fully saturated rings. The lowest BCUT2D eigenvalue weighted by Crippen LogP contribution is -2.39. The van der Waals surface area contributed by atoms with Crippen molar-refractivity contribution in [3.63, 3.8) is 0 Å². The fraction of sp³-hybridized carbons (Fsp3) is 0.435. The predicted octanol–water partition coefficient (Wildman–Crippen LogP) is 3.44. The molecule has 2 N–H and O–H groups in total. The van der Waals surface area contributed by atoms with Crippen LogP contribution in [-0.4, -0.2) is 56.2 Å². The number of rotatable bonds is 7. The lowest BCUT2D eigenvalue weighted by Gasteiger charge is -2.32. The van der Waals surface area contributed by atoms with Crippen LogP contribution in [0.3, 0.4) is 0 Å². The van der Waals surface area contributed by atoms with Crippen LogP contribution >= 0.6 is 0 Å². The molecular formula is C23H29NO7S. The number of phenolic OH excluding ortho intramolecular Hbond substituents is 1. The summed E-state index contributed by atoms with van der Waals surface area (Å²) in [5.74, 6) is 0.424. The highest BCUT2D eigenvalue weighted by Gasteiger charge is 2.29. The van der Waals surface area contributed by atoms with Gasteiger partial charge in [0.2, 0.25) is 5.91 Å². The van der Waals surface area contributed by atoms with Crippen LogP contribution in [0.15, 0.2) is 41.3 Å². The van der Waals surface area contributed by atoms with Gasteiger partial charge in [-0.05, 0) is 36.5 Å². The van der Waals surface area contributed by atoms with Crippen LogP contribution < -0.4 is 9.47 Å². The lowest BCUT2D eigenvalue weighted by molar-refractivity contribution is -0.133. The highest BCUT2D eigenvalue weighted by Crippen LogP contribution is 2.43. The molecule has 2 aromatic carbocycles.